The van der Waals surface area contributed by atoms with Crippen molar-refractivity contribution < 1.29 is 0 Å². The summed E-state index contributed by atoms with van der Waals surface area (Å²) in [5, 5.41) is 1.99. The fraction of sp³-hybridized carbons (Fsp3) is 0.182. The van der Waals surface area contributed by atoms with Gasteiger partial charge in [-0.05, 0) is 29.4 Å². The molecule has 2 atom stereocenters. The molecule has 0 amide bonds. The Labute approximate surface area is 175 Å². The summed E-state index contributed by atoms with van der Waals surface area (Å²) in [5.74, 6) is 0. The van der Waals surface area contributed by atoms with Crippen LogP contribution in [-0.2, 0) is 6.42 Å². The van der Waals surface area contributed by atoms with Gasteiger partial charge in [-0.15, -0.1) is 23.1 Å². The Bertz CT molecular complexity index is 1190. The lowest BCUT2D eigenvalue weighted by molar-refractivity contribution is 0.891. The monoisotopic (exact) mass is 422 g/mol. The van der Waals surface area contributed by atoms with E-state index in [4.69, 9.17) is 4.98 Å². The van der Waals surface area contributed by atoms with Crippen LogP contribution in [0.3, 0.4) is 0 Å². The van der Waals surface area contributed by atoms with Crippen molar-refractivity contribution in [3.63, 3.8) is 0 Å². The first-order valence-electron chi connectivity index (χ1n) is 9.09. The molecule has 0 spiro atoms. The summed E-state index contributed by atoms with van der Waals surface area (Å²) in [6, 6.07) is 21.2. The van der Waals surface area contributed by atoms with Crippen molar-refractivity contribution in [3.05, 3.63) is 92.6 Å². The van der Waals surface area contributed by atoms with Gasteiger partial charge in [-0.2, -0.15) is 0 Å². The highest BCUT2D eigenvalue weighted by Gasteiger charge is 2.34. The smallest absolute Gasteiger partial charge is 0.260 e. The average Bonchev–Trinajstić information content (AvgIpc) is 3.13. The Morgan fingerprint density at radius 3 is 2.39 bits per heavy atom. The van der Waals surface area contributed by atoms with Crippen molar-refractivity contribution in [2.24, 2.45) is 0 Å². The molecule has 0 saturated heterocycles. The number of thioether (sulfide) groups is 2. The number of H-pyrrole nitrogens is 1. The summed E-state index contributed by atoms with van der Waals surface area (Å²) in [5.41, 5.74) is 3.74. The van der Waals surface area contributed by atoms with Crippen molar-refractivity contribution >= 4 is 45.1 Å². The lowest BCUT2D eigenvalue weighted by atomic mass is 9.98. The van der Waals surface area contributed by atoms with E-state index in [2.05, 4.69) is 65.6 Å². The molecule has 1 aliphatic heterocycles. The summed E-state index contributed by atoms with van der Waals surface area (Å²) in [7, 11) is 0. The lowest BCUT2D eigenvalue weighted by Crippen LogP contribution is -2.15. The van der Waals surface area contributed by atoms with Crippen molar-refractivity contribution in [2.45, 2.75) is 22.1 Å². The minimum Gasteiger partial charge on any atom is -0.301 e. The number of hydrogen-bond donors (Lipinski definition) is 1. The summed E-state index contributed by atoms with van der Waals surface area (Å²) >= 11 is 5.13. The normalized spacial score (nSPS) is 18.9. The number of aromatic amines is 1. The van der Waals surface area contributed by atoms with Gasteiger partial charge in [0, 0.05) is 10.1 Å². The van der Waals surface area contributed by atoms with E-state index < -0.39 is 0 Å². The standard InChI is InChI=1S/C22H18N2OS3/c1-26-22-23-20(25)17-15-12-16(13-8-4-2-5-9-13)27-18(14-10-6-3-7-11-14)19(15)28-21(17)24-22/h2-11,16,18H,12H2,1H3,(H,23,24,25)/t16-,18+/m0/s1. The molecule has 1 aliphatic rings. The van der Waals surface area contributed by atoms with Gasteiger partial charge in [-0.3, -0.25) is 4.79 Å². The summed E-state index contributed by atoms with van der Waals surface area (Å²) < 4.78 is 0. The second-order valence-corrected chi connectivity index (χ2v) is 9.87. The van der Waals surface area contributed by atoms with Gasteiger partial charge in [-0.25, -0.2) is 4.98 Å². The first-order valence-corrected chi connectivity index (χ1v) is 12.1. The van der Waals surface area contributed by atoms with E-state index >= 15 is 0 Å². The number of fused-ring (bicyclic) bond motifs is 3. The van der Waals surface area contributed by atoms with E-state index in [0.717, 1.165) is 16.6 Å². The molecule has 28 heavy (non-hydrogen) atoms. The second-order valence-electron chi connectivity index (χ2n) is 6.73. The summed E-state index contributed by atoms with van der Waals surface area (Å²) in [6.07, 6.45) is 2.79. The number of nitrogens with one attached hydrogen (secondary N) is 1. The number of benzene rings is 2. The molecular weight excluding hydrogens is 404 g/mol. The van der Waals surface area contributed by atoms with Gasteiger partial charge in [0.15, 0.2) is 5.16 Å². The molecule has 0 fully saturated rings. The predicted molar refractivity (Wildman–Crippen MR) is 121 cm³/mol. The van der Waals surface area contributed by atoms with Gasteiger partial charge in [0.2, 0.25) is 0 Å². The van der Waals surface area contributed by atoms with E-state index in [9.17, 15) is 4.79 Å². The van der Waals surface area contributed by atoms with Crippen LogP contribution in [0.4, 0.5) is 0 Å². The lowest BCUT2D eigenvalue weighted by Gasteiger charge is -2.29. The van der Waals surface area contributed by atoms with Crippen LogP contribution in [0.15, 0.2) is 70.6 Å². The molecule has 0 unspecified atom stereocenters. The molecular formula is C22H18N2OS3. The number of aromatic nitrogens is 2. The van der Waals surface area contributed by atoms with E-state index in [0.29, 0.717) is 10.4 Å². The Hall–Kier alpha value is -2.02. The summed E-state index contributed by atoms with van der Waals surface area (Å²) in [4.78, 5) is 22.6. The zero-order valence-electron chi connectivity index (χ0n) is 15.2. The van der Waals surface area contributed by atoms with Crippen LogP contribution in [0.5, 0.6) is 0 Å². The third-order valence-electron chi connectivity index (χ3n) is 5.07. The topological polar surface area (TPSA) is 45.8 Å². The number of nitrogens with zero attached hydrogens (tertiary/aromatic N) is 1. The zero-order valence-corrected chi connectivity index (χ0v) is 17.7. The molecule has 2 aromatic heterocycles. The third-order valence-corrected chi connectivity index (χ3v) is 8.53. The first kappa shape index (κ1) is 18.0. The molecule has 6 heteroatoms. The molecule has 1 N–H and O–H groups in total. The molecule has 0 bridgehead atoms. The Kier molecular flexibility index (Phi) is 4.78. The maximum absolute atomic E-state index is 12.9. The maximum Gasteiger partial charge on any atom is 0.260 e. The van der Waals surface area contributed by atoms with Gasteiger partial charge in [0.1, 0.15) is 4.83 Å². The summed E-state index contributed by atoms with van der Waals surface area (Å²) in [6.45, 7) is 0. The van der Waals surface area contributed by atoms with Crippen LogP contribution in [-0.4, -0.2) is 16.2 Å². The van der Waals surface area contributed by atoms with Crippen LogP contribution in [0.2, 0.25) is 0 Å². The van der Waals surface area contributed by atoms with Crippen molar-refractivity contribution in [1.29, 1.82) is 0 Å². The van der Waals surface area contributed by atoms with Crippen LogP contribution in [0.25, 0.3) is 10.2 Å². The largest absolute Gasteiger partial charge is 0.301 e. The Morgan fingerprint density at radius 2 is 1.71 bits per heavy atom. The third kappa shape index (κ3) is 3.09. The molecule has 5 rings (SSSR count). The maximum atomic E-state index is 12.9. The highest BCUT2D eigenvalue weighted by atomic mass is 32.2. The van der Waals surface area contributed by atoms with Crippen molar-refractivity contribution in [3.8, 4) is 0 Å². The molecule has 0 aliphatic carbocycles. The van der Waals surface area contributed by atoms with E-state index in [1.54, 1.807) is 11.3 Å². The molecule has 0 saturated carbocycles. The van der Waals surface area contributed by atoms with Crippen LogP contribution >= 0.6 is 34.9 Å². The molecule has 3 heterocycles. The molecule has 2 aromatic carbocycles. The highest BCUT2D eigenvalue weighted by molar-refractivity contribution is 8.00. The predicted octanol–water partition coefficient (Wildman–Crippen LogP) is 5.83. The average molecular weight is 423 g/mol. The number of hydrogen-bond acceptors (Lipinski definition) is 5. The second kappa shape index (κ2) is 7.43. The van der Waals surface area contributed by atoms with Gasteiger partial charge < -0.3 is 4.98 Å². The Balaban J connectivity index is 1.72. The van der Waals surface area contributed by atoms with Gasteiger partial charge in [0.05, 0.1) is 10.6 Å². The number of rotatable bonds is 3. The molecule has 4 aromatic rings. The Morgan fingerprint density at radius 1 is 1.04 bits per heavy atom. The van der Waals surface area contributed by atoms with Crippen LogP contribution in [0, 0.1) is 0 Å². The SMILES string of the molecule is CSc1nc2sc3c(c2c(=O)[nH]1)C[C@@H](c1ccccc1)S[C@@H]3c1ccccc1. The van der Waals surface area contributed by atoms with E-state index in [1.807, 2.05) is 18.0 Å². The fourth-order valence-electron chi connectivity index (χ4n) is 3.75. The van der Waals surface area contributed by atoms with Crippen molar-refractivity contribution in [2.75, 3.05) is 6.26 Å². The van der Waals surface area contributed by atoms with Gasteiger partial charge >= 0.3 is 0 Å². The van der Waals surface area contributed by atoms with Crippen molar-refractivity contribution in [1.82, 2.24) is 9.97 Å². The molecule has 3 nitrogen and oxygen atoms in total. The highest BCUT2D eigenvalue weighted by Crippen LogP contribution is 2.54. The zero-order chi connectivity index (χ0) is 19.1. The first-order chi connectivity index (χ1) is 13.7. The van der Waals surface area contributed by atoms with Crippen LogP contribution in [0.1, 0.15) is 32.1 Å². The van der Waals surface area contributed by atoms with Gasteiger partial charge in [-0.1, -0.05) is 72.4 Å². The minimum absolute atomic E-state index is 0.0163. The quantitative estimate of drug-likeness (QED) is 0.333. The van der Waals surface area contributed by atoms with E-state index in [-0.39, 0.29) is 10.8 Å². The number of thiophene rings is 1. The van der Waals surface area contributed by atoms with Crippen LogP contribution < -0.4 is 5.56 Å². The minimum atomic E-state index is -0.0163. The van der Waals surface area contributed by atoms with Gasteiger partial charge in [0.25, 0.3) is 5.56 Å². The van der Waals surface area contributed by atoms with E-state index in [1.165, 1.54) is 33.3 Å². The molecule has 140 valence electrons. The molecule has 0 radical (unpaired) electrons. The fourth-order valence-corrected chi connectivity index (χ4v) is 7.20.